The Balaban J connectivity index is 2.62. The molecule has 3 heteroatoms. The molecule has 0 aromatic heterocycles. The number of esters is 1. The Labute approximate surface area is 95.0 Å². The Bertz CT molecular complexity index is 469. The average molecular weight is 215 g/mol. The minimum atomic E-state index is -0.666. The van der Waals surface area contributed by atoms with Gasteiger partial charge < -0.3 is 4.74 Å². The van der Waals surface area contributed by atoms with Gasteiger partial charge in [0.15, 0.2) is 0 Å². The minimum Gasteiger partial charge on any atom is -0.457 e. The van der Waals surface area contributed by atoms with Gasteiger partial charge in [0.25, 0.3) is 0 Å². The van der Waals surface area contributed by atoms with Crippen molar-refractivity contribution in [2.45, 2.75) is 20.5 Å². The molecule has 1 rings (SSSR count). The summed E-state index contributed by atoms with van der Waals surface area (Å²) < 4.78 is 4.91. The highest BCUT2D eigenvalue weighted by atomic mass is 16.5. The lowest BCUT2D eigenvalue weighted by atomic mass is 10.1. The molecule has 0 aliphatic rings. The SMILES string of the molecule is C=C(C#N)C(=O)OCc1ccc(C)c(C)c1. The number of benzene rings is 1. The van der Waals surface area contributed by atoms with E-state index in [-0.39, 0.29) is 12.2 Å². The van der Waals surface area contributed by atoms with Gasteiger partial charge in [-0.25, -0.2) is 4.79 Å². The predicted molar refractivity (Wildman–Crippen MR) is 60.5 cm³/mol. The van der Waals surface area contributed by atoms with Crippen LogP contribution in [-0.4, -0.2) is 5.97 Å². The summed E-state index contributed by atoms with van der Waals surface area (Å²) in [6.45, 7) is 7.46. The van der Waals surface area contributed by atoms with Crippen molar-refractivity contribution >= 4 is 5.97 Å². The highest BCUT2D eigenvalue weighted by molar-refractivity contribution is 5.91. The van der Waals surface area contributed by atoms with Crippen LogP contribution in [0.4, 0.5) is 0 Å². The normalized spacial score (nSPS) is 9.31. The van der Waals surface area contributed by atoms with Crippen molar-refractivity contribution in [1.82, 2.24) is 0 Å². The number of nitrogens with zero attached hydrogens (tertiary/aromatic N) is 1. The number of carbonyl (C=O) groups is 1. The third-order valence-electron chi connectivity index (χ3n) is 2.32. The zero-order chi connectivity index (χ0) is 12.1. The highest BCUT2D eigenvalue weighted by Gasteiger charge is 2.07. The number of ether oxygens (including phenoxy) is 1. The van der Waals surface area contributed by atoms with Crippen molar-refractivity contribution < 1.29 is 9.53 Å². The molecule has 0 bridgehead atoms. The lowest BCUT2D eigenvalue weighted by molar-refractivity contribution is -0.139. The van der Waals surface area contributed by atoms with E-state index in [1.54, 1.807) is 6.07 Å². The highest BCUT2D eigenvalue weighted by Crippen LogP contribution is 2.11. The number of nitriles is 1. The first-order valence-electron chi connectivity index (χ1n) is 4.87. The summed E-state index contributed by atoms with van der Waals surface area (Å²) in [6, 6.07) is 7.47. The van der Waals surface area contributed by atoms with Gasteiger partial charge in [-0.2, -0.15) is 5.26 Å². The molecule has 0 radical (unpaired) electrons. The quantitative estimate of drug-likeness (QED) is 0.442. The first kappa shape index (κ1) is 12.0. The van der Waals surface area contributed by atoms with Gasteiger partial charge in [0, 0.05) is 0 Å². The fraction of sp³-hybridized carbons (Fsp3) is 0.231. The van der Waals surface area contributed by atoms with Gasteiger partial charge in [-0.05, 0) is 30.5 Å². The smallest absolute Gasteiger partial charge is 0.348 e. The number of aryl methyl sites for hydroxylation is 2. The van der Waals surface area contributed by atoms with Gasteiger partial charge >= 0.3 is 5.97 Å². The van der Waals surface area contributed by atoms with Crippen molar-refractivity contribution in [1.29, 1.82) is 5.26 Å². The number of hydrogen-bond acceptors (Lipinski definition) is 3. The molecule has 1 aromatic rings. The van der Waals surface area contributed by atoms with Gasteiger partial charge in [0.1, 0.15) is 18.2 Å². The Kier molecular flexibility index (Phi) is 3.84. The number of hydrogen-bond donors (Lipinski definition) is 0. The molecular weight excluding hydrogens is 202 g/mol. The van der Waals surface area contributed by atoms with Gasteiger partial charge in [-0.1, -0.05) is 24.8 Å². The predicted octanol–water partition coefficient (Wildman–Crippen LogP) is 2.43. The van der Waals surface area contributed by atoms with Crippen molar-refractivity contribution in [2.24, 2.45) is 0 Å². The maximum Gasteiger partial charge on any atom is 0.348 e. The molecule has 0 aliphatic heterocycles. The minimum absolute atomic E-state index is 0.167. The summed E-state index contributed by atoms with van der Waals surface area (Å²) in [5.41, 5.74) is 3.06. The zero-order valence-corrected chi connectivity index (χ0v) is 9.41. The molecule has 3 nitrogen and oxygen atoms in total. The lowest BCUT2D eigenvalue weighted by Crippen LogP contribution is -2.05. The van der Waals surface area contributed by atoms with Crippen LogP contribution in [0.3, 0.4) is 0 Å². The van der Waals surface area contributed by atoms with E-state index in [4.69, 9.17) is 10.00 Å². The van der Waals surface area contributed by atoms with Gasteiger partial charge in [-0.15, -0.1) is 0 Å². The molecule has 16 heavy (non-hydrogen) atoms. The molecule has 0 saturated heterocycles. The molecule has 0 aliphatic carbocycles. The third kappa shape index (κ3) is 2.96. The van der Waals surface area contributed by atoms with Crippen LogP contribution in [0.25, 0.3) is 0 Å². The van der Waals surface area contributed by atoms with Crippen LogP contribution in [0.15, 0.2) is 30.4 Å². The van der Waals surface area contributed by atoms with Crippen LogP contribution in [0.5, 0.6) is 0 Å². The molecule has 1 aromatic carbocycles. The fourth-order valence-electron chi connectivity index (χ4n) is 1.17. The van der Waals surface area contributed by atoms with Gasteiger partial charge in [0.2, 0.25) is 0 Å². The summed E-state index contributed by atoms with van der Waals surface area (Å²) in [7, 11) is 0. The molecule has 0 spiro atoms. The van der Waals surface area contributed by atoms with E-state index < -0.39 is 5.97 Å². The average Bonchev–Trinajstić information content (AvgIpc) is 2.29. The first-order chi connectivity index (χ1) is 7.54. The maximum atomic E-state index is 11.2. The van der Waals surface area contributed by atoms with E-state index in [1.165, 1.54) is 5.56 Å². The van der Waals surface area contributed by atoms with E-state index in [0.717, 1.165) is 11.1 Å². The summed E-state index contributed by atoms with van der Waals surface area (Å²) in [6.07, 6.45) is 0. The molecular formula is C13H13NO2. The van der Waals surface area contributed by atoms with Crippen molar-refractivity contribution in [3.63, 3.8) is 0 Å². The maximum absolute atomic E-state index is 11.2. The molecule has 0 N–H and O–H groups in total. The van der Waals surface area contributed by atoms with Crippen LogP contribution >= 0.6 is 0 Å². The second kappa shape index (κ2) is 5.13. The van der Waals surface area contributed by atoms with Gasteiger partial charge in [0.05, 0.1) is 0 Å². The van der Waals surface area contributed by atoms with Crippen LogP contribution in [-0.2, 0) is 16.1 Å². The van der Waals surface area contributed by atoms with E-state index >= 15 is 0 Å². The van der Waals surface area contributed by atoms with E-state index in [0.29, 0.717) is 0 Å². The second-order valence-electron chi connectivity index (χ2n) is 3.59. The van der Waals surface area contributed by atoms with Crippen LogP contribution in [0.2, 0.25) is 0 Å². The number of carbonyl (C=O) groups excluding carboxylic acids is 1. The molecule has 0 amide bonds. The first-order valence-corrected chi connectivity index (χ1v) is 4.87. The monoisotopic (exact) mass is 215 g/mol. The molecule has 0 unspecified atom stereocenters. The Morgan fingerprint density at radius 2 is 2.12 bits per heavy atom. The summed E-state index contributed by atoms with van der Waals surface area (Å²) >= 11 is 0. The van der Waals surface area contributed by atoms with Gasteiger partial charge in [-0.3, -0.25) is 0 Å². The standard InChI is InChI=1S/C13H13NO2/c1-9-4-5-12(6-10(9)2)8-16-13(15)11(3)7-14/h4-6H,3,8H2,1-2H3. The Morgan fingerprint density at radius 3 is 2.69 bits per heavy atom. The van der Waals surface area contributed by atoms with E-state index in [9.17, 15) is 4.79 Å². The summed E-state index contributed by atoms with van der Waals surface area (Å²) in [4.78, 5) is 11.2. The Morgan fingerprint density at radius 1 is 1.44 bits per heavy atom. The molecule has 0 heterocycles. The van der Waals surface area contributed by atoms with Crippen molar-refractivity contribution in [3.8, 4) is 6.07 Å². The molecule has 82 valence electrons. The Hall–Kier alpha value is -2.08. The number of rotatable bonds is 3. The van der Waals surface area contributed by atoms with E-state index in [2.05, 4.69) is 6.58 Å². The zero-order valence-electron chi connectivity index (χ0n) is 9.41. The second-order valence-corrected chi connectivity index (χ2v) is 3.59. The van der Waals surface area contributed by atoms with Crippen molar-refractivity contribution in [3.05, 3.63) is 47.0 Å². The molecule has 0 saturated carbocycles. The van der Waals surface area contributed by atoms with Crippen LogP contribution < -0.4 is 0 Å². The lowest BCUT2D eigenvalue weighted by Gasteiger charge is -2.06. The molecule has 0 atom stereocenters. The fourth-order valence-corrected chi connectivity index (χ4v) is 1.17. The van der Waals surface area contributed by atoms with Crippen molar-refractivity contribution in [2.75, 3.05) is 0 Å². The largest absolute Gasteiger partial charge is 0.457 e. The third-order valence-corrected chi connectivity index (χ3v) is 2.32. The molecule has 0 fully saturated rings. The van der Waals surface area contributed by atoms with E-state index in [1.807, 2.05) is 32.0 Å². The van der Waals surface area contributed by atoms with Crippen LogP contribution in [0.1, 0.15) is 16.7 Å². The summed E-state index contributed by atoms with van der Waals surface area (Å²) in [5, 5.41) is 8.43. The summed E-state index contributed by atoms with van der Waals surface area (Å²) in [5.74, 6) is -0.666. The topological polar surface area (TPSA) is 50.1 Å². The van der Waals surface area contributed by atoms with Crippen LogP contribution in [0, 0.1) is 25.2 Å².